The molecular formula is C15H18BrN5O2S. The van der Waals surface area contributed by atoms with Gasteiger partial charge in [-0.1, -0.05) is 22.9 Å². The molecule has 1 fully saturated rings. The number of aryl methyl sites for hydroxylation is 1. The maximum Gasteiger partial charge on any atom is 0.292 e. The van der Waals surface area contributed by atoms with E-state index in [1.54, 1.807) is 12.1 Å². The maximum atomic E-state index is 11.3. The molecule has 0 radical (unpaired) electrons. The highest BCUT2D eigenvalue weighted by Crippen LogP contribution is 2.32. The predicted molar refractivity (Wildman–Crippen MR) is 99.1 cm³/mol. The van der Waals surface area contributed by atoms with E-state index in [-0.39, 0.29) is 10.6 Å². The number of halogens is 1. The molecule has 128 valence electrons. The molecule has 1 aromatic carbocycles. The lowest BCUT2D eigenvalue weighted by molar-refractivity contribution is -0.384. The quantitative estimate of drug-likeness (QED) is 0.565. The fourth-order valence-corrected chi connectivity index (χ4v) is 3.92. The first-order valence-corrected chi connectivity index (χ1v) is 9.41. The van der Waals surface area contributed by atoms with Crippen LogP contribution in [0.4, 0.5) is 16.5 Å². The fourth-order valence-electron chi connectivity index (χ4n) is 2.77. The van der Waals surface area contributed by atoms with Crippen molar-refractivity contribution in [1.29, 1.82) is 0 Å². The number of rotatable bonds is 4. The second-order valence-corrected chi connectivity index (χ2v) is 7.21. The molecule has 1 aliphatic rings. The Bertz CT molecular complexity index is 738. The van der Waals surface area contributed by atoms with Crippen molar-refractivity contribution in [2.24, 2.45) is 0 Å². The molecule has 0 atom stereocenters. The zero-order valence-electron chi connectivity index (χ0n) is 13.3. The van der Waals surface area contributed by atoms with Crippen LogP contribution in [0.3, 0.4) is 0 Å². The van der Waals surface area contributed by atoms with E-state index in [1.165, 1.54) is 11.5 Å². The van der Waals surface area contributed by atoms with Gasteiger partial charge in [0.15, 0.2) is 0 Å². The molecule has 0 spiro atoms. The predicted octanol–water partition coefficient (Wildman–Crippen LogP) is 3.49. The third-order valence-corrected chi connectivity index (χ3v) is 5.32. The largest absolute Gasteiger partial charge is 0.364 e. The van der Waals surface area contributed by atoms with E-state index < -0.39 is 0 Å². The van der Waals surface area contributed by atoms with Gasteiger partial charge in [-0.15, -0.1) is 0 Å². The molecule has 0 saturated carbocycles. The highest BCUT2D eigenvalue weighted by Gasteiger charge is 2.23. The zero-order chi connectivity index (χ0) is 17.1. The Balaban J connectivity index is 1.78. The minimum Gasteiger partial charge on any atom is -0.364 e. The number of nitro benzene ring substituents is 1. The molecule has 0 N–H and O–H groups in total. The summed E-state index contributed by atoms with van der Waals surface area (Å²) in [6.45, 7) is 5.21. The van der Waals surface area contributed by atoms with E-state index in [0.29, 0.717) is 5.69 Å². The average Bonchev–Trinajstić information content (AvgIpc) is 2.91. The van der Waals surface area contributed by atoms with Gasteiger partial charge in [0, 0.05) is 54.7 Å². The summed E-state index contributed by atoms with van der Waals surface area (Å²) in [5.74, 6) is 0.874. The summed E-state index contributed by atoms with van der Waals surface area (Å²) in [6.07, 6.45) is 1.76. The van der Waals surface area contributed by atoms with Crippen molar-refractivity contribution in [3.63, 3.8) is 0 Å². The van der Waals surface area contributed by atoms with E-state index in [1.807, 2.05) is 13.0 Å². The molecule has 2 heterocycles. The van der Waals surface area contributed by atoms with Gasteiger partial charge in [0.05, 0.1) is 4.92 Å². The van der Waals surface area contributed by atoms with Crippen molar-refractivity contribution < 1.29 is 4.92 Å². The number of hydrogen-bond donors (Lipinski definition) is 0. The molecule has 9 heteroatoms. The summed E-state index contributed by atoms with van der Waals surface area (Å²) in [4.78, 5) is 19.9. The Hall–Kier alpha value is -1.74. The third-order valence-electron chi connectivity index (χ3n) is 4.01. The molecule has 1 saturated heterocycles. The number of hydrogen-bond acceptors (Lipinski definition) is 7. The van der Waals surface area contributed by atoms with Gasteiger partial charge in [-0.25, -0.2) is 4.98 Å². The van der Waals surface area contributed by atoms with Crippen molar-refractivity contribution >= 4 is 44.0 Å². The summed E-state index contributed by atoms with van der Waals surface area (Å²) in [7, 11) is 0. The Morgan fingerprint density at radius 2 is 2.04 bits per heavy atom. The van der Waals surface area contributed by atoms with Crippen molar-refractivity contribution in [1.82, 2.24) is 9.36 Å². The molecular weight excluding hydrogens is 394 g/mol. The smallest absolute Gasteiger partial charge is 0.292 e. The second kappa shape index (κ2) is 7.43. The lowest BCUT2D eigenvalue weighted by Crippen LogP contribution is -2.31. The highest BCUT2D eigenvalue weighted by atomic mass is 79.9. The van der Waals surface area contributed by atoms with Gasteiger partial charge in [0.2, 0.25) is 5.13 Å². The normalized spacial score (nSPS) is 15.4. The van der Waals surface area contributed by atoms with Crippen molar-refractivity contribution in [2.45, 2.75) is 19.8 Å². The number of nitro groups is 1. The summed E-state index contributed by atoms with van der Waals surface area (Å²) in [5.41, 5.74) is 0.818. The monoisotopic (exact) mass is 411 g/mol. The number of benzene rings is 1. The average molecular weight is 412 g/mol. The molecule has 24 heavy (non-hydrogen) atoms. The van der Waals surface area contributed by atoms with E-state index in [4.69, 9.17) is 0 Å². The van der Waals surface area contributed by atoms with Gasteiger partial charge < -0.3 is 9.80 Å². The van der Waals surface area contributed by atoms with Crippen molar-refractivity contribution in [3.8, 4) is 0 Å². The van der Waals surface area contributed by atoms with Gasteiger partial charge in [0.1, 0.15) is 11.5 Å². The van der Waals surface area contributed by atoms with Crippen LogP contribution >= 0.6 is 27.5 Å². The van der Waals surface area contributed by atoms with E-state index >= 15 is 0 Å². The van der Waals surface area contributed by atoms with E-state index in [0.717, 1.165) is 54.4 Å². The molecule has 7 nitrogen and oxygen atoms in total. The first kappa shape index (κ1) is 17.1. The molecule has 1 aliphatic heterocycles. The first-order valence-electron chi connectivity index (χ1n) is 7.85. The Kier molecular flexibility index (Phi) is 5.30. The Morgan fingerprint density at radius 1 is 1.29 bits per heavy atom. The molecule has 1 aromatic heterocycles. The van der Waals surface area contributed by atoms with Crippen LogP contribution < -0.4 is 9.80 Å². The number of nitrogens with zero attached hydrogens (tertiary/aromatic N) is 5. The molecule has 3 rings (SSSR count). The van der Waals surface area contributed by atoms with Gasteiger partial charge in [0.25, 0.3) is 5.69 Å². The fraction of sp³-hybridized carbons (Fsp3) is 0.467. The summed E-state index contributed by atoms with van der Waals surface area (Å²) in [6, 6.07) is 5.09. The first-order chi connectivity index (χ1) is 11.6. The lowest BCUT2D eigenvalue weighted by Gasteiger charge is -2.23. The van der Waals surface area contributed by atoms with Crippen LogP contribution in [-0.2, 0) is 6.42 Å². The van der Waals surface area contributed by atoms with Crippen molar-refractivity contribution in [2.75, 3.05) is 36.0 Å². The minimum absolute atomic E-state index is 0.149. The van der Waals surface area contributed by atoms with Crippen LogP contribution in [0.2, 0.25) is 0 Å². The number of aromatic nitrogens is 2. The molecule has 0 bridgehead atoms. The molecule has 2 aromatic rings. The van der Waals surface area contributed by atoms with Crippen LogP contribution in [-0.4, -0.2) is 40.5 Å². The molecule has 0 aliphatic carbocycles. The van der Waals surface area contributed by atoms with Crippen LogP contribution in [0.15, 0.2) is 22.7 Å². The van der Waals surface area contributed by atoms with Gasteiger partial charge >= 0.3 is 0 Å². The third kappa shape index (κ3) is 3.67. The topological polar surface area (TPSA) is 75.4 Å². The van der Waals surface area contributed by atoms with Crippen LogP contribution in [0.5, 0.6) is 0 Å². The van der Waals surface area contributed by atoms with Crippen LogP contribution in [0.25, 0.3) is 0 Å². The molecule has 0 amide bonds. The highest BCUT2D eigenvalue weighted by molar-refractivity contribution is 9.10. The standard InChI is InChI=1S/C15H18BrN5O2S/c1-2-14-17-15(24-18-14)20-7-3-6-19(8-9-20)13-10-11(16)4-5-12(13)21(22)23/h4-5,10H,2-3,6-9H2,1H3. The summed E-state index contributed by atoms with van der Waals surface area (Å²) in [5, 5.41) is 12.3. The lowest BCUT2D eigenvalue weighted by atomic mass is 10.2. The second-order valence-electron chi connectivity index (χ2n) is 5.56. The van der Waals surface area contributed by atoms with Gasteiger partial charge in [-0.05, 0) is 18.6 Å². The summed E-state index contributed by atoms with van der Waals surface area (Å²) < 4.78 is 5.19. The van der Waals surface area contributed by atoms with E-state index in [2.05, 4.69) is 35.1 Å². The van der Waals surface area contributed by atoms with Gasteiger partial charge in [-0.2, -0.15) is 4.37 Å². The Labute approximate surface area is 152 Å². The minimum atomic E-state index is -0.317. The number of anilines is 2. The van der Waals surface area contributed by atoms with Crippen molar-refractivity contribution in [3.05, 3.63) is 38.6 Å². The van der Waals surface area contributed by atoms with Gasteiger partial charge in [-0.3, -0.25) is 10.1 Å². The van der Waals surface area contributed by atoms with E-state index in [9.17, 15) is 10.1 Å². The van der Waals surface area contributed by atoms with Crippen LogP contribution in [0, 0.1) is 10.1 Å². The maximum absolute atomic E-state index is 11.3. The van der Waals surface area contributed by atoms with Crippen LogP contribution in [0.1, 0.15) is 19.2 Å². The Morgan fingerprint density at radius 3 is 2.75 bits per heavy atom. The SMILES string of the molecule is CCc1nsc(N2CCCN(c3cc(Br)ccc3[N+](=O)[O-])CC2)n1. The molecule has 0 unspecified atom stereocenters. The zero-order valence-corrected chi connectivity index (χ0v) is 15.7. The summed E-state index contributed by atoms with van der Waals surface area (Å²) >= 11 is 4.84.